The number of allylic oxidation sites excluding steroid dienone is 2. The van der Waals surface area contributed by atoms with Gasteiger partial charge in [-0.2, -0.15) is 0 Å². The van der Waals surface area contributed by atoms with Crippen LogP contribution in [0.2, 0.25) is 0 Å². The first-order chi connectivity index (χ1) is 34.0. The molecule has 0 aromatic carbocycles. The molecule has 0 aromatic rings. The number of carbonyl (C=O) groups excluding carboxylic acids is 1. The monoisotopic (exact) mass is 976 g/mol. The lowest BCUT2D eigenvalue weighted by Crippen LogP contribution is -2.53. The van der Waals surface area contributed by atoms with Crippen LogP contribution >= 0.6 is 0 Å². The minimum atomic E-state index is -1.26. The van der Waals surface area contributed by atoms with E-state index in [-0.39, 0.29) is 0 Å². The van der Waals surface area contributed by atoms with Crippen molar-refractivity contribution in [3.63, 3.8) is 0 Å². The second-order valence-electron chi connectivity index (χ2n) is 22.1. The van der Waals surface area contributed by atoms with Gasteiger partial charge in [0.25, 0.3) is 0 Å². The lowest BCUT2D eigenvalue weighted by Gasteiger charge is -2.27. The van der Waals surface area contributed by atoms with Crippen molar-refractivity contribution >= 4 is 5.91 Å². The van der Waals surface area contributed by atoms with Crippen LogP contribution in [0.5, 0.6) is 0 Å². The van der Waals surface area contributed by atoms with Gasteiger partial charge in [-0.05, 0) is 38.5 Å². The molecule has 6 nitrogen and oxygen atoms in total. The number of unbranched alkanes of at least 4 members (excludes halogenated alkanes) is 48. The molecule has 0 saturated heterocycles. The van der Waals surface area contributed by atoms with Gasteiger partial charge in [0.05, 0.1) is 18.8 Å². The highest BCUT2D eigenvalue weighted by atomic mass is 16.3. The first-order valence-electron chi connectivity index (χ1n) is 31.6. The largest absolute Gasteiger partial charge is 0.394 e. The molecular weight excluding hydrogens is 851 g/mol. The van der Waals surface area contributed by atoms with Gasteiger partial charge >= 0.3 is 0 Å². The lowest BCUT2D eigenvalue weighted by molar-refractivity contribution is -0.132. The quantitative estimate of drug-likeness (QED) is 0.0308. The average Bonchev–Trinajstić information content (AvgIpc) is 3.35. The van der Waals surface area contributed by atoms with Crippen molar-refractivity contribution in [1.82, 2.24) is 5.32 Å². The fourth-order valence-corrected chi connectivity index (χ4v) is 10.3. The van der Waals surface area contributed by atoms with E-state index in [0.717, 1.165) is 38.5 Å². The Hall–Kier alpha value is -0.950. The average molecular weight is 977 g/mol. The molecule has 0 bridgehead atoms. The molecule has 0 aliphatic heterocycles. The van der Waals surface area contributed by atoms with Crippen LogP contribution in [0, 0.1) is 0 Å². The highest BCUT2D eigenvalue weighted by Crippen LogP contribution is 2.19. The molecule has 1 amide bonds. The van der Waals surface area contributed by atoms with E-state index in [2.05, 4.69) is 31.3 Å². The Morgan fingerprint density at radius 3 is 0.841 bits per heavy atom. The number of hydrogen-bond acceptors (Lipinski definition) is 5. The molecule has 0 radical (unpaired) electrons. The first kappa shape index (κ1) is 68.0. The third-order valence-electron chi connectivity index (χ3n) is 15.2. The normalized spacial score (nSPS) is 13.7. The number of rotatable bonds is 59. The Kier molecular flexibility index (Phi) is 57.1. The van der Waals surface area contributed by atoms with E-state index in [1.807, 2.05) is 0 Å². The van der Waals surface area contributed by atoms with E-state index in [1.165, 1.54) is 289 Å². The Morgan fingerprint density at radius 1 is 0.348 bits per heavy atom. The maximum atomic E-state index is 12.6. The molecular formula is C63H125NO5. The van der Waals surface area contributed by atoms with Crippen molar-refractivity contribution in [1.29, 1.82) is 0 Å². The van der Waals surface area contributed by atoms with Gasteiger partial charge in [-0.15, -0.1) is 0 Å². The molecule has 412 valence electrons. The molecule has 0 aliphatic carbocycles. The van der Waals surface area contributed by atoms with E-state index in [9.17, 15) is 25.2 Å². The Bertz CT molecular complexity index is 1010. The van der Waals surface area contributed by atoms with E-state index < -0.39 is 36.9 Å². The first-order valence-corrected chi connectivity index (χ1v) is 31.6. The Labute approximate surface area is 432 Å². The molecule has 0 spiro atoms. The molecule has 4 atom stereocenters. The summed E-state index contributed by atoms with van der Waals surface area (Å²) in [6, 6.07) is -0.982. The van der Waals surface area contributed by atoms with Gasteiger partial charge < -0.3 is 25.7 Å². The number of carbonyl (C=O) groups is 1. The van der Waals surface area contributed by atoms with Crippen molar-refractivity contribution in [2.75, 3.05) is 6.61 Å². The second-order valence-corrected chi connectivity index (χ2v) is 22.1. The zero-order valence-corrected chi connectivity index (χ0v) is 46.8. The summed E-state index contributed by atoms with van der Waals surface area (Å²) in [5, 5.41) is 44.0. The standard InChI is InChI=1S/C63H125NO5/c1-3-5-7-9-11-13-15-17-19-20-21-22-23-24-25-26-27-28-29-30-31-32-33-34-35-36-37-38-39-40-41-43-45-47-49-51-53-55-57-61(67)63(69)64-59(58-65)62(68)60(66)56-54-52-50-48-46-44-42-18-16-14-12-10-8-6-4-2/h30-31,59-62,65-68H,3-29,32-58H2,1-2H3,(H,64,69)/b31-30-. The van der Waals surface area contributed by atoms with Crippen LogP contribution in [0.15, 0.2) is 12.2 Å². The Morgan fingerprint density at radius 2 is 0.580 bits per heavy atom. The van der Waals surface area contributed by atoms with E-state index in [4.69, 9.17) is 0 Å². The molecule has 6 heteroatoms. The van der Waals surface area contributed by atoms with Crippen LogP contribution in [-0.2, 0) is 4.79 Å². The maximum absolute atomic E-state index is 12.6. The van der Waals surface area contributed by atoms with Crippen LogP contribution in [0.1, 0.15) is 354 Å². The summed E-state index contributed by atoms with van der Waals surface area (Å²) >= 11 is 0. The number of aliphatic hydroxyl groups excluding tert-OH is 4. The summed E-state index contributed by atoms with van der Waals surface area (Å²) in [4.78, 5) is 12.6. The zero-order chi connectivity index (χ0) is 50.2. The summed E-state index contributed by atoms with van der Waals surface area (Å²) in [5.74, 6) is -0.577. The number of nitrogens with one attached hydrogen (secondary N) is 1. The maximum Gasteiger partial charge on any atom is 0.249 e. The highest BCUT2D eigenvalue weighted by molar-refractivity contribution is 5.80. The summed E-state index contributed by atoms with van der Waals surface area (Å²) in [6.07, 6.45) is 70.4. The van der Waals surface area contributed by atoms with Crippen LogP contribution < -0.4 is 5.32 Å². The number of hydrogen-bond donors (Lipinski definition) is 5. The van der Waals surface area contributed by atoms with Crippen LogP contribution in [0.3, 0.4) is 0 Å². The van der Waals surface area contributed by atoms with Crippen molar-refractivity contribution in [2.45, 2.75) is 379 Å². The van der Waals surface area contributed by atoms with E-state index in [1.54, 1.807) is 0 Å². The van der Waals surface area contributed by atoms with E-state index >= 15 is 0 Å². The Balaban J connectivity index is 3.49. The third kappa shape index (κ3) is 51.7. The molecule has 0 rings (SSSR count). The van der Waals surface area contributed by atoms with Crippen molar-refractivity contribution < 1.29 is 25.2 Å². The molecule has 0 aliphatic rings. The third-order valence-corrected chi connectivity index (χ3v) is 15.2. The SMILES string of the molecule is CCCCCCCCCCCCCCCCCCCC/C=C\CCCCCCCCCCCCCCCCCCC(O)C(=O)NC(CO)C(O)C(O)CCCCCCCCCCCCCCCCC. The summed E-state index contributed by atoms with van der Waals surface area (Å²) < 4.78 is 0. The van der Waals surface area contributed by atoms with Crippen molar-refractivity contribution in [3.05, 3.63) is 12.2 Å². The van der Waals surface area contributed by atoms with Crippen molar-refractivity contribution in [2.24, 2.45) is 0 Å². The second kappa shape index (κ2) is 57.9. The van der Waals surface area contributed by atoms with Gasteiger partial charge in [-0.25, -0.2) is 0 Å². The fourth-order valence-electron chi connectivity index (χ4n) is 10.3. The smallest absolute Gasteiger partial charge is 0.249 e. The predicted molar refractivity (Wildman–Crippen MR) is 302 cm³/mol. The van der Waals surface area contributed by atoms with Crippen LogP contribution in [-0.4, -0.2) is 57.3 Å². The number of aliphatic hydroxyl groups is 4. The molecule has 0 aromatic heterocycles. The van der Waals surface area contributed by atoms with Gasteiger partial charge in [0.2, 0.25) is 5.91 Å². The molecule has 0 fully saturated rings. The van der Waals surface area contributed by atoms with Gasteiger partial charge in [0.1, 0.15) is 12.2 Å². The van der Waals surface area contributed by atoms with Gasteiger partial charge in [-0.3, -0.25) is 4.79 Å². The molecule has 0 heterocycles. The van der Waals surface area contributed by atoms with Gasteiger partial charge in [0, 0.05) is 0 Å². The molecule has 4 unspecified atom stereocenters. The molecule has 0 saturated carbocycles. The predicted octanol–water partition coefficient (Wildman–Crippen LogP) is 18.8. The molecule has 5 N–H and O–H groups in total. The highest BCUT2D eigenvalue weighted by Gasteiger charge is 2.28. The van der Waals surface area contributed by atoms with Crippen LogP contribution in [0.4, 0.5) is 0 Å². The van der Waals surface area contributed by atoms with Crippen LogP contribution in [0.25, 0.3) is 0 Å². The summed E-state index contributed by atoms with van der Waals surface area (Å²) in [5.41, 5.74) is 0. The minimum Gasteiger partial charge on any atom is -0.394 e. The molecule has 69 heavy (non-hydrogen) atoms. The fraction of sp³-hybridized carbons (Fsp3) is 0.952. The van der Waals surface area contributed by atoms with Gasteiger partial charge in [-0.1, -0.05) is 328 Å². The van der Waals surface area contributed by atoms with Crippen molar-refractivity contribution in [3.8, 4) is 0 Å². The summed E-state index contributed by atoms with van der Waals surface area (Å²) in [6.45, 7) is 4.09. The van der Waals surface area contributed by atoms with E-state index in [0.29, 0.717) is 12.8 Å². The minimum absolute atomic E-state index is 0.374. The van der Waals surface area contributed by atoms with Gasteiger partial charge in [0.15, 0.2) is 0 Å². The number of amides is 1. The topological polar surface area (TPSA) is 110 Å². The zero-order valence-electron chi connectivity index (χ0n) is 46.8. The summed E-state index contributed by atoms with van der Waals surface area (Å²) in [7, 11) is 0. The lowest BCUT2D eigenvalue weighted by atomic mass is 9.99.